The van der Waals surface area contributed by atoms with Crippen molar-refractivity contribution < 1.29 is 19.1 Å². The molecule has 0 aliphatic rings. The first kappa shape index (κ1) is 25.6. The number of carbonyl (C=O) groups is 3. The van der Waals surface area contributed by atoms with Crippen LogP contribution in [0.3, 0.4) is 0 Å². The molecule has 0 saturated heterocycles. The molecule has 1 unspecified atom stereocenters. The van der Waals surface area contributed by atoms with E-state index >= 15 is 0 Å². The van der Waals surface area contributed by atoms with Gasteiger partial charge in [0.15, 0.2) is 0 Å². The van der Waals surface area contributed by atoms with Crippen LogP contribution in [-0.4, -0.2) is 37.0 Å². The van der Waals surface area contributed by atoms with Gasteiger partial charge in [-0.25, -0.2) is 0 Å². The van der Waals surface area contributed by atoms with Crippen LogP contribution in [0.15, 0.2) is 0 Å². The third kappa shape index (κ3) is 20.4. The Morgan fingerprint density at radius 1 is 0.960 bits per heavy atom. The van der Waals surface area contributed by atoms with E-state index in [0.29, 0.717) is 12.3 Å². The summed E-state index contributed by atoms with van der Waals surface area (Å²) in [6.07, 6.45) is 3.35. The van der Waals surface area contributed by atoms with Crippen molar-refractivity contribution in [3.8, 4) is 0 Å². The van der Waals surface area contributed by atoms with Crippen molar-refractivity contribution in [1.82, 2.24) is 10.6 Å². The number of carbonyl (C=O) groups excluding carboxylic acids is 3. The number of amides is 2. The Balaban J connectivity index is 0. The van der Waals surface area contributed by atoms with Gasteiger partial charge in [-0.05, 0) is 32.1 Å². The van der Waals surface area contributed by atoms with Gasteiger partial charge in [-0.15, -0.1) is 0 Å². The Hall–Kier alpha value is -1.59. The zero-order valence-electron chi connectivity index (χ0n) is 17.1. The Bertz CT molecular complexity index is 379. The minimum Gasteiger partial charge on any atom is -0.465 e. The molecule has 0 aliphatic heterocycles. The molecule has 1 atom stereocenters. The summed E-state index contributed by atoms with van der Waals surface area (Å²) in [6, 6.07) is -0.656. The van der Waals surface area contributed by atoms with Crippen LogP contribution in [0.5, 0.6) is 0 Å². The second kappa shape index (κ2) is 15.9. The lowest BCUT2D eigenvalue weighted by atomic mass is 10.1. The summed E-state index contributed by atoms with van der Waals surface area (Å²) in [6.45, 7) is 14.2. The third-order valence-electron chi connectivity index (χ3n) is 2.92. The van der Waals surface area contributed by atoms with Crippen molar-refractivity contribution >= 4 is 17.8 Å². The van der Waals surface area contributed by atoms with Gasteiger partial charge in [0, 0.05) is 6.42 Å². The molecule has 2 N–H and O–H groups in total. The van der Waals surface area contributed by atoms with Crippen LogP contribution in [0, 0.1) is 11.8 Å². The van der Waals surface area contributed by atoms with Crippen molar-refractivity contribution in [2.75, 3.05) is 13.2 Å². The highest BCUT2D eigenvalue weighted by atomic mass is 16.5. The van der Waals surface area contributed by atoms with E-state index in [1.165, 1.54) is 0 Å². The maximum atomic E-state index is 11.7. The van der Waals surface area contributed by atoms with Crippen molar-refractivity contribution in [3.05, 3.63) is 0 Å². The maximum Gasteiger partial charge on any atom is 0.325 e. The van der Waals surface area contributed by atoms with Gasteiger partial charge in [0.25, 0.3) is 0 Å². The van der Waals surface area contributed by atoms with E-state index in [1.54, 1.807) is 13.8 Å². The molecular formula is C19H38N2O4. The fraction of sp³-hybridized carbons (Fsp3) is 0.842. The quantitative estimate of drug-likeness (QED) is 0.464. The van der Waals surface area contributed by atoms with Crippen LogP contribution in [0.1, 0.15) is 74.1 Å². The van der Waals surface area contributed by atoms with Crippen LogP contribution < -0.4 is 10.6 Å². The van der Waals surface area contributed by atoms with E-state index in [4.69, 9.17) is 4.74 Å². The topological polar surface area (TPSA) is 84.5 Å². The second-order valence-electron chi connectivity index (χ2n) is 7.18. The van der Waals surface area contributed by atoms with Crippen LogP contribution in [0.2, 0.25) is 0 Å². The van der Waals surface area contributed by atoms with Crippen LogP contribution in [0.4, 0.5) is 0 Å². The predicted octanol–water partition coefficient (Wildman–Crippen LogP) is 3.05. The molecule has 0 rings (SSSR count). The smallest absolute Gasteiger partial charge is 0.325 e. The van der Waals surface area contributed by atoms with Crippen LogP contribution >= 0.6 is 0 Å². The number of hydrogen-bond acceptors (Lipinski definition) is 4. The van der Waals surface area contributed by atoms with Crippen molar-refractivity contribution in [3.63, 3.8) is 0 Å². The van der Waals surface area contributed by atoms with Gasteiger partial charge in [-0.1, -0.05) is 47.5 Å². The standard InChI is InChI=1S/C15H28N2O4.C4H10/c1-5-21-14(19)10-16-15(20)12(4)17-13(18)9-7-6-8-11(2)3;1-4(2)3/h11-12H,5-10H2,1-4H3,(H,16,20)(H,17,18);4H,1-3H3. The van der Waals surface area contributed by atoms with Crippen LogP contribution in [-0.2, 0) is 19.1 Å². The lowest BCUT2D eigenvalue weighted by Gasteiger charge is -2.14. The predicted molar refractivity (Wildman–Crippen MR) is 101 cm³/mol. The minimum absolute atomic E-state index is 0.141. The van der Waals surface area contributed by atoms with Gasteiger partial charge < -0.3 is 15.4 Å². The van der Waals surface area contributed by atoms with Crippen molar-refractivity contribution in [2.24, 2.45) is 11.8 Å². The molecule has 0 spiro atoms. The van der Waals surface area contributed by atoms with E-state index in [9.17, 15) is 14.4 Å². The monoisotopic (exact) mass is 358 g/mol. The average Bonchev–Trinajstić information content (AvgIpc) is 2.48. The molecule has 0 saturated carbocycles. The van der Waals surface area contributed by atoms with Gasteiger partial charge in [0.1, 0.15) is 12.6 Å². The molecular weight excluding hydrogens is 320 g/mol. The first-order chi connectivity index (χ1) is 11.6. The highest BCUT2D eigenvalue weighted by Crippen LogP contribution is 2.07. The number of nitrogens with one attached hydrogen (secondary N) is 2. The van der Waals surface area contributed by atoms with Gasteiger partial charge in [-0.2, -0.15) is 0 Å². The first-order valence-corrected chi connectivity index (χ1v) is 9.32. The Labute approximate surface area is 153 Å². The number of esters is 1. The Morgan fingerprint density at radius 2 is 1.52 bits per heavy atom. The molecule has 0 aliphatic carbocycles. The van der Waals surface area contributed by atoms with E-state index in [2.05, 4.69) is 45.3 Å². The molecule has 148 valence electrons. The first-order valence-electron chi connectivity index (χ1n) is 9.32. The summed E-state index contributed by atoms with van der Waals surface area (Å²) < 4.78 is 4.70. The molecule has 6 heteroatoms. The fourth-order valence-corrected chi connectivity index (χ4v) is 1.74. The number of unbranched alkanes of at least 4 members (excludes halogenated alkanes) is 1. The molecule has 0 aromatic rings. The zero-order valence-corrected chi connectivity index (χ0v) is 17.1. The van der Waals surface area contributed by atoms with E-state index in [-0.39, 0.29) is 19.1 Å². The summed E-state index contributed by atoms with van der Waals surface area (Å²) in [4.78, 5) is 34.4. The molecule has 2 amide bonds. The highest BCUT2D eigenvalue weighted by Gasteiger charge is 2.16. The van der Waals surface area contributed by atoms with Crippen molar-refractivity contribution in [2.45, 2.75) is 80.2 Å². The molecule has 6 nitrogen and oxygen atoms in total. The Morgan fingerprint density at radius 3 is 2.00 bits per heavy atom. The summed E-state index contributed by atoms with van der Waals surface area (Å²) in [7, 11) is 0. The van der Waals surface area contributed by atoms with Gasteiger partial charge >= 0.3 is 5.97 Å². The second-order valence-corrected chi connectivity index (χ2v) is 7.18. The van der Waals surface area contributed by atoms with E-state index in [0.717, 1.165) is 25.2 Å². The normalized spacial score (nSPS) is 11.4. The fourth-order valence-electron chi connectivity index (χ4n) is 1.74. The van der Waals surface area contributed by atoms with Crippen molar-refractivity contribution in [1.29, 1.82) is 0 Å². The lowest BCUT2D eigenvalue weighted by Crippen LogP contribution is -2.46. The minimum atomic E-state index is -0.656. The van der Waals surface area contributed by atoms with Gasteiger partial charge in [0.2, 0.25) is 11.8 Å². The van der Waals surface area contributed by atoms with Gasteiger partial charge in [-0.3, -0.25) is 14.4 Å². The molecule has 0 heterocycles. The maximum absolute atomic E-state index is 11.7. The van der Waals surface area contributed by atoms with E-state index in [1.807, 2.05) is 0 Å². The summed E-state index contributed by atoms with van der Waals surface area (Å²) >= 11 is 0. The molecule has 25 heavy (non-hydrogen) atoms. The van der Waals surface area contributed by atoms with Crippen LogP contribution in [0.25, 0.3) is 0 Å². The number of ether oxygens (including phenoxy) is 1. The van der Waals surface area contributed by atoms with Gasteiger partial charge in [0.05, 0.1) is 6.61 Å². The molecule has 0 aromatic heterocycles. The SMILES string of the molecule is CC(C)C.CCOC(=O)CNC(=O)C(C)NC(=O)CCCCC(C)C. The summed E-state index contributed by atoms with van der Waals surface area (Å²) in [5.41, 5.74) is 0. The summed E-state index contributed by atoms with van der Waals surface area (Å²) in [5, 5.41) is 5.05. The average molecular weight is 359 g/mol. The molecule has 0 radical (unpaired) electrons. The third-order valence-corrected chi connectivity index (χ3v) is 2.92. The zero-order chi connectivity index (χ0) is 19.8. The molecule has 0 bridgehead atoms. The number of hydrogen-bond donors (Lipinski definition) is 2. The largest absolute Gasteiger partial charge is 0.465 e. The highest BCUT2D eigenvalue weighted by molar-refractivity contribution is 5.89. The molecule has 0 aromatic carbocycles. The lowest BCUT2D eigenvalue weighted by molar-refractivity contribution is -0.143. The summed E-state index contributed by atoms with van der Waals surface area (Å²) in [5.74, 6) is 0.454. The van der Waals surface area contributed by atoms with E-state index < -0.39 is 17.9 Å². The molecule has 0 fully saturated rings. The number of rotatable bonds is 10. The Kier molecular flexibility index (Phi) is 16.3.